The normalized spacial score (nSPS) is 22.2. The summed E-state index contributed by atoms with van der Waals surface area (Å²) in [6.07, 6.45) is 2.41. The summed E-state index contributed by atoms with van der Waals surface area (Å²) in [6, 6.07) is 3.89. The van der Waals surface area contributed by atoms with Gasteiger partial charge in [0, 0.05) is 25.3 Å². The minimum atomic E-state index is -0.105. The molecule has 0 aliphatic heterocycles. The lowest BCUT2D eigenvalue weighted by Gasteiger charge is -2.26. The molecule has 0 heterocycles. The maximum atomic E-state index is 14.0. The zero-order valence-electron chi connectivity index (χ0n) is 14.0. The van der Waals surface area contributed by atoms with Crippen molar-refractivity contribution in [2.24, 2.45) is 11.8 Å². The first-order valence-corrected chi connectivity index (χ1v) is 8.18. The molecule has 2 rings (SSSR count). The molecule has 1 aromatic rings. The number of hydrogen-bond donors (Lipinski definition) is 1. The van der Waals surface area contributed by atoms with Crippen LogP contribution < -0.4 is 10.2 Å². The number of halogens is 1. The smallest absolute Gasteiger partial charge is 0.126 e. The average Bonchev–Trinajstić information content (AvgIpc) is 3.13. The topological polar surface area (TPSA) is 15.3 Å². The fourth-order valence-corrected chi connectivity index (χ4v) is 2.93. The summed E-state index contributed by atoms with van der Waals surface area (Å²) in [6.45, 7) is 10.5. The van der Waals surface area contributed by atoms with Gasteiger partial charge in [0.25, 0.3) is 0 Å². The highest BCUT2D eigenvalue weighted by molar-refractivity contribution is 5.56. The Morgan fingerprint density at radius 1 is 1.43 bits per heavy atom. The van der Waals surface area contributed by atoms with Crippen molar-refractivity contribution in [1.82, 2.24) is 5.32 Å². The van der Waals surface area contributed by atoms with Gasteiger partial charge in [0.15, 0.2) is 0 Å². The summed E-state index contributed by atoms with van der Waals surface area (Å²) in [4.78, 5) is 2.31. The first kappa shape index (κ1) is 16.3. The fourth-order valence-electron chi connectivity index (χ4n) is 2.93. The second kappa shape index (κ2) is 6.78. The van der Waals surface area contributed by atoms with Gasteiger partial charge in [-0.15, -0.1) is 0 Å². The van der Waals surface area contributed by atoms with Gasteiger partial charge in [-0.1, -0.05) is 13.8 Å². The Morgan fingerprint density at radius 3 is 2.67 bits per heavy atom. The predicted octanol–water partition coefficient (Wildman–Crippen LogP) is 4.29. The number of rotatable bonds is 7. The van der Waals surface area contributed by atoms with Crippen LogP contribution in [0.1, 0.15) is 50.8 Å². The number of aryl methyl sites for hydroxylation is 1. The van der Waals surface area contributed by atoms with Gasteiger partial charge in [-0.25, -0.2) is 4.39 Å². The molecule has 3 atom stereocenters. The van der Waals surface area contributed by atoms with Gasteiger partial charge >= 0.3 is 0 Å². The molecule has 0 aromatic heterocycles. The zero-order chi connectivity index (χ0) is 15.6. The Balaban J connectivity index is 2.22. The van der Waals surface area contributed by atoms with Crippen molar-refractivity contribution in [3.05, 3.63) is 29.1 Å². The van der Waals surface area contributed by atoms with Crippen molar-refractivity contribution in [3.8, 4) is 0 Å². The Morgan fingerprint density at radius 2 is 2.10 bits per heavy atom. The lowest BCUT2D eigenvalue weighted by atomic mass is 10.0. The van der Waals surface area contributed by atoms with Crippen molar-refractivity contribution in [1.29, 1.82) is 0 Å². The molecule has 1 aromatic carbocycles. The number of anilines is 1. The summed E-state index contributed by atoms with van der Waals surface area (Å²) in [5.74, 6) is 1.53. The van der Waals surface area contributed by atoms with Crippen molar-refractivity contribution in [2.45, 2.75) is 46.6 Å². The van der Waals surface area contributed by atoms with Gasteiger partial charge in [0.2, 0.25) is 0 Å². The van der Waals surface area contributed by atoms with E-state index in [1.165, 1.54) is 12.1 Å². The minimum Gasteiger partial charge on any atom is -0.374 e. The van der Waals surface area contributed by atoms with Crippen molar-refractivity contribution >= 4 is 5.69 Å². The van der Waals surface area contributed by atoms with Crippen LogP contribution in [-0.2, 0) is 0 Å². The number of nitrogens with zero attached hydrogens (tertiary/aromatic N) is 1. The van der Waals surface area contributed by atoms with E-state index in [2.05, 4.69) is 38.0 Å². The second-order valence-corrected chi connectivity index (χ2v) is 6.69. The Bertz CT molecular complexity index is 486. The van der Waals surface area contributed by atoms with E-state index in [1.807, 2.05) is 13.0 Å². The third-order valence-corrected chi connectivity index (χ3v) is 4.67. The van der Waals surface area contributed by atoms with E-state index in [4.69, 9.17) is 0 Å². The zero-order valence-corrected chi connectivity index (χ0v) is 14.0. The van der Waals surface area contributed by atoms with E-state index in [1.54, 1.807) is 6.07 Å². The first-order chi connectivity index (χ1) is 9.93. The van der Waals surface area contributed by atoms with Crippen LogP contribution in [-0.4, -0.2) is 20.1 Å². The standard InChI is InChI=1S/C18H29FN2/c1-6-7-20-14(4)16-10-17(19)13(3)9-18(16)21(5)11-15-8-12(15)2/h9-10,12,14-15,20H,6-8,11H2,1-5H3. The van der Waals surface area contributed by atoms with Crippen LogP contribution in [0.4, 0.5) is 10.1 Å². The molecule has 2 nitrogen and oxygen atoms in total. The molecule has 1 fully saturated rings. The van der Waals surface area contributed by atoms with Crippen LogP contribution in [0.5, 0.6) is 0 Å². The molecule has 21 heavy (non-hydrogen) atoms. The van der Waals surface area contributed by atoms with Crippen LogP contribution in [0.3, 0.4) is 0 Å². The maximum absolute atomic E-state index is 14.0. The molecule has 118 valence electrons. The lowest BCUT2D eigenvalue weighted by molar-refractivity contribution is 0.559. The summed E-state index contributed by atoms with van der Waals surface area (Å²) >= 11 is 0. The van der Waals surface area contributed by atoms with Crippen LogP contribution in [0.25, 0.3) is 0 Å². The van der Waals surface area contributed by atoms with E-state index in [0.29, 0.717) is 0 Å². The summed E-state index contributed by atoms with van der Waals surface area (Å²) in [5, 5.41) is 3.47. The molecule has 1 saturated carbocycles. The highest BCUT2D eigenvalue weighted by Gasteiger charge is 2.33. The Hall–Kier alpha value is -1.09. The van der Waals surface area contributed by atoms with Crippen LogP contribution >= 0.6 is 0 Å². The SMILES string of the molecule is CCCNC(C)c1cc(F)c(C)cc1N(C)CC1CC1C. The summed E-state index contributed by atoms with van der Waals surface area (Å²) in [7, 11) is 2.13. The molecule has 3 heteroatoms. The molecule has 1 N–H and O–H groups in total. The van der Waals surface area contributed by atoms with E-state index in [9.17, 15) is 4.39 Å². The predicted molar refractivity (Wildman–Crippen MR) is 88.4 cm³/mol. The highest BCUT2D eigenvalue weighted by atomic mass is 19.1. The number of hydrogen-bond acceptors (Lipinski definition) is 2. The van der Waals surface area contributed by atoms with Gasteiger partial charge in [-0.3, -0.25) is 0 Å². The molecule has 0 spiro atoms. The minimum absolute atomic E-state index is 0.105. The third-order valence-electron chi connectivity index (χ3n) is 4.67. The molecular weight excluding hydrogens is 263 g/mol. The molecule has 1 aliphatic rings. The van der Waals surface area contributed by atoms with Crippen molar-refractivity contribution in [2.75, 3.05) is 25.0 Å². The van der Waals surface area contributed by atoms with Gasteiger partial charge in [-0.2, -0.15) is 0 Å². The number of nitrogens with one attached hydrogen (secondary N) is 1. The van der Waals surface area contributed by atoms with E-state index >= 15 is 0 Å². The average molecular weight is 292 g/mol. The van der Waals surface area contributed by atoms with Crippen LogP contribution in [0, 0.1) is 24.6 Å². The molecule has 0 bridgehead atoms. The Labute approximate surface area is 128 Å². The first-order valence-electron chi connectivity index (χ1n) is 8.18. The van der Waals surface area contributed by atoms with E-state index in [0.717, 1.165) is 42.5 Å². The van der Waals surface area contributed by atoms with Crippen LogP contribution in [0.2, 0.25) is 0 Å². The van der Waals surface area contributed by atoms with Crippen molar-refractivity contribution < 1.29 is 4.39 Å². The molecule has 3 unspecified atom stereocenters. The molecule has 0 amide bonds. The summed E-state index contributed by atoms with van der Waals surface area (Å²) in [5.41, 5.74) is 2.97. The Kier molecular flexibility index (Phi) is 5.26. The quantitative estimate of drug-likeness (QED) is 0.806. The summed E-state index contributed by atoms with van der Waals surface area (Å²) < 4.78 is 14.0. The third kappa shape index (κ3) is 3.97. The monoisotopic (exact) mass is 292 g/mol. The second-order valence-electron chi connectivity index (χ2n) is 6.69. The van der Waals surface area contributed by atoms with Gasteiger partial charge in [-0.05, 0) is 68.3 Å². The van der Waals surface area contributed by atoms with Gasteiger partial charge < -0.3 is 10.2 Å². The van der Waals surface area contributed by atoms with Crippen LogP contribution in [0.15, 0.2) is 12.1 Å². The van der Waals surface area contributed by atoms with E-state index < -0.39 is 0 Å². The lowest BCUT2D eigenvalue weighted by Crippen LogP contribution is -2.26. The number of benzene rings is 1. The van der Waals surface area contributed by atoms with Crippen molar-refractivity contribution in [3.63, 3.8) is 0 Å². The molecule has 1 aliphatic carbocycles. The van der Waals surface area contributed by atoms with Gasteiger partial charge in [0.05, 0.1) is 0 Å². The molecular formula is C18H29FN2. The largest absolute Gasteiger partial charge is 0.374 e. The van der Waals surface area contributed by atoms with Gasteiger partial charge in [0.1, 0.15) is 5.82 Å². The van der Waals surface area contributed by atoms with E-state index in [-0.39, 0.29) is 11.9 Å². The molecule has 0 radical (unpaired) electrons. The maximum Gasteiger partial charge on any atom is 0.126 e. The fraction of sp³-hybridized carbons (Fsp3) is 0.667. The highest BCUT2D eigenvalue weighted by Crippen LogP contribution is 2.39. The molecule has 0 saturated heterocycles.